The van der Waals surface area contributed by atoms with Crippen molar-refractivity contribution in [1.82, 2.24) is 5.32 Å². The molecule has 21 heavy (non-hydrogen) atoms. The second-order valence-electron chi connectivity index (χ2n) is 4.41. The van der Waals surface area contributed by atoms with E-state index in [1.165, 1.54) is 24.5 Å². The molecule has 0 fully saturated rings. The van der Waals surface area contributed by atoms with Gasteiger partial charge in [0, 0.05) is 12.1 Å². The minimum Gasteiger partial charge on any atom is -0.478 e. The van der Waals surface area contributed by atoms with E-state index < -0.39 is 10.9 Å². The fourth-order valence-corrected chi connectivity index (χ4v) is 1.89. The number of carboxylic acids is 1. The predicted octanol–water partition coefficient (Wildman–Crippen LogP) is 2.22. The summed E-state index contributed by atoms with van der Waals surface area (Å²) in [5.74, 6) is -0.637. The second kappa shape index (κ2) is 6.67. The molecule has 7 heteroatoms. The summed E-state index contributed by atoms with van der Waals surface area (Å²) >= 11 is 0. The summed E-state index contributed by atoms with van der Waals surface area (Å²) in [6.07, 6.45) is 2.03. The Hall–Kier alpha value is -2.67. The van der Waals surface area contributed by atoms with Gasteiger partial charge in [-0.3, -0.25) is 10.1 Å². The van der Waals surface area contributed by atoms with Crippen molar-refractivity contribution in [2.45, 2.75) is 13.0 Å². The Morgan fingerprint density at radius 1 is 1.29 bits per heavy atom. The van der Waals surface area contributed by atoms with Crippen LogP contribution in [0, 0.1) is 10.1 Å². The Morgan fingerprint density at radius 3 is 2.62 bits per heavy atom. The molecule has 7 nitrogen and oxygen atoms in total. The minimum atomic E-state index is -1.02. The van der Waals surface area contributed by atoms with Crippen LogP contribution in [0.3, 0.4) is 0 Å². The third-order valence-corrected chi connectivity index (χ3v) is 3.00. The number of non-ortho nitro benzene ring substituents is 1. The van der Waals surface area contributed by atoms with Crippen molar-refractivity contribution in [3.8, 4) is 0 Å². The van der Waals surface area contributed by atoms with Crippen LogP contribution in [0.2, 0.25) is 0 Å². The number of carbonyl (C=O) groups is 1. The van der Waals surface area contributed by atoms with Gasteiger partial charge in [0.25, 0.3) is 5.69 Å². The topological polar surface area (TPSA) is 106 Å². The Bertz CT molecular complexity index is 633. The molecule has 0 saturated heterocycles. The molecular formula is C14H14N2O5. The lowest BCUT2D eigenvalue weighted by Crippen LogP contribution is -2.17. The van der Waals surface area contributed by atoms with Gasteiger partial charge in [0.05, 0.1) is 17.7 Å². The molecule has 0 bridgehead atoms. The lowest BCUT2D eigenvalue weighted by atomic mass is 10.1. The highest BCUT2D eigenvalue weighted by molar-refractivity contribution is 5.88. The van der Waals surface area contributed by atoms with Crippen molar-refractivity contribution in [3.05, 3.63) is 63.6 Å². The molecule has 0 saturated carbocycles. The highest BCUT2D eigenvalue weighted by Crippen LogP contribution is 2.12. The fourth-order valence-electron chi connectivity index (χ4n) is 1.89. The van der Waals surface area contributed by atoms with Crippen molar-refractivity contribution < 1.29 is 19.2 Å². The van der Waals surface area contributed by atoms with Crippen LogP contribution >= 0.6 is 0 Å². The quantitative estimate of drug-likeness (QED) is 0.460. The number of furan rings is 1. The maximum Gasteiger partial charge on any atom is 0.339 e. The van der Waals surface area contributed by atoms with Crippen molar-refractivity contribution in [1.29, 1.82) is 0 Å². The lowest BCUT2D eigenvalue weighted by Gasteiger charge is -2.04. The lowest BCUT2D eigenvalue weighted by molar-refractivity contribution is -0.384. The molecule has 0 aliphatic heterocycles. The maximum absolute atomic E-state index is 10.9. The summed E-state index contributed by atoms with van der Waals surface area (Å²) in [4.78, 5) is 21.0. The highest BCUT2D eigenvalue weighted by atomic mass is 16.6. The Labute approximate surface area is 120 Å². The number of nitro benzene ring substituents is 1. The van der Waals surface area contributed by atoms with Gasteiger partial charge in [-0.15, -0.1) is 0 Å². The Morgan fingerprint density at radius 2 is 2.00 bits per heavy atom. The number of hydrogen-bond acceptors (Lipinski definition) is 5. The number of benzene rings is 1. The van der Waals surface area contributed by atoms with E-state index in [0.717, 1.165) is 5.56 Å². The first-order chi connectivity index (χ1) is 10.1. The summed E-state index contributed by atoms with van der Waals surface area (Å²) in [5.41, 5.74) is 1.18. The molecule has 0 unspecified atom stereocenters. The number of hydrogen-bond donors (Lipinski definition) is 2. The molecule has 0 atom stereocenters. The molecule has 1 aromatic heterocycles. The van der Waals surface area contributed by atoms with Crippen LogP contribution in [0.15, 0.2) is 41.0 Å². The van der Waals surface area contributed by atoms with Gasteiger partial charge >= 0.3 is 5.97 Å². The molecule has 2 rings (SSSR count). The second-order valence-corrected chi connectivity index (χ2v) is 4.41. The standard InChI is InChI=1S/C14H14N2O5/c17-14(18)12-6-8-21-13(12)9-15-7-5-10-1-3-11(4-2-10)16(19)20/h1-4,6,8,15H,5,7,9H2,(H,17,18). The van der Waals surface area contributed by atoms with Gasteiger partial charge in [-0.1, -0.05) is 12.1 Å². The van der Waals surface area contributed by atoms with Crippen LogP contribution in [0.25, 0.3) is 0 Å². The van der Waals surface area contributed by atoms with E-state index in [0.29, 0.717) is 25.3 Å². The molecule has 110 valence electrons. The third-order valence-electron chi connectivity index (χ3n) is 3.00. The first kappa shape index (κ1) is 14.7. The smallest absolute Gasteiger partial charge is 0.339 e. The first-order valence-corrected chi connectivity index (χ1v) is 6.31. The number of rotatable bonds is 7. The molecule has 0 aliphatic rings. The van der Waals surface area contributed by atoms with Crippen LogP contribution in [0.4, 0.5) is 5.69 Å². The maximum atomic E-state index is 10.9. The van der Waals surface area contributed by atoms with E-state index in [1.807, 2.05) is 0 Å². The van der Waals surface area contributed by atoms with Gasteiger partial charge in [-0.2, -0.15) is 0 Å². The molecular weight excluding hydrogens is 276 g/mol. The summed E-state index contributed by atoms with van der Waals surface area (Å²) in [5, 5.41) is 22.5. The number of aromatic carboxylic acids is 1. The van der Waals surface area contributed by atoms with Crippen molar-refractivity contribution in [2.75, 3.05) is 6.54 Å². The fraction of sp³-hybridized carbons (Fsp3) is 0.214. The van der Waals surface area contributed by atoms with Crippen molar-refractivity contribution in [2.24, 2.45) is 0 Å². The minimum absolute atomic E-state index is 0.0633. The first-order valence-electron chi connectivity index (χ1n) is 6.31. The van der Waals surface area contributed by atoms with Gasteiger partial charge in [-0.25, -0.2) is 4.79 Å². The van der Waals surface area contributed by atoms with Crippen LogP contribution in [0.1, 0.15) is 21.7 Å². The zero-order chi connectivity index (χ0) is 15.2. The molecule has 0 spiro atoms. The summed E-state index contributed by atoms with van der Waals surface area (Å²) in [6.45, 7) is 0.930. The SMILES string of the molecule is O=C(O)c1ccoc1CNCCc1ccc([N+](=O)[O-])cc1. The van der Waals surface area contributed by atoms with Gasteiger partial charge in [0.1, 0.15) is 11.3 Å². The largest absolute Gasteiger partial charge is 0.478 e. The highest BCUT2D eigenvalue weighted by Gasteiger charge is 2.12. The predicted molar refractivity (Wildman–Crippen MR) is 74.2 cm³/mol. The summed E-state index contributed by atoms with van der Waals surface area (Å²) in [6, 6.07) is 7.75. The summed E-state index contributed by atoms with van der Waals surface area (Å²) in [7, 11) is 0. The van der Waals surface area contributed by atoms with E-state index in [1.54, 1.807) is 12.1 Å². The van der Waals surface area contributed by atoms with Crippen LogP contribution in [0.5, 0.6) is 0 Å². The van der Waals surface area contributed by atoms with Gasteiger partial charge in [0.2, 0.25) is 0 Å². The average molecular weight is 290 g/mol. The molecule has 1 heterocycles. The number of nitrogens with one attached hydrogen (secondary N) is 1. The average Bonchev–Trinajstić information content (AvgIpc) is 2.92. The molecule has 1 aromatic carbocycles. The molecule has 2 N–H and O–H groups in total. The van der Waals surface area contributed by atoms with E-state index in [-0.39, 0.29) is 11.3 Å². The van der Waals surface area contributed by atoms with E-state index in [4.69, 9.17) is 9.52 Å². The van der Waals surface area contributed by atoms with Crippen LogP contribution in [-0.2, 0) is 13.0 Å². The molecule has 0 aliphatic carbocycles. The molecule has 0 amide bonds. The van der Waals surface area contributed by atoms with E-state index in [9.17, 15) is 14.9 Å². The normalized spacial score (nSPS) is 10.5. The Kier molecular flexibility index (Phi) is 4.68. The van der Waals surface area contributed by atoms with E-state index >= 15 is 0 Å². The van der Waals surface area contributed by atoms with Crippen LogP contribution in [-0.4, -0.2) is 22.5 Å². The van der Waals surface area contributed by atoms with Crippen molar-refractivity contribution >= 4 is 11.7 Å². The number of nitrogens with zero attached hydrogens (tertiary/aromatic N) is 1. The zero-order valence-corrected chi connectivity index (χ0v) is 11.1. The third kappa shape index (κ3) is 3.90. The van der Waals surface area contributed by atoms with Crippen LogP contribution < -0.4 is 5.32 Å². The number of carboxylic acid groups (broad SMARTS) is 1. The van der Waals surface area contributed by atoms with Gasteiger partial charge in [-0.05, 0) is 24.6 Å². The molecule has 0 radical (unpaired) electrons. The number of nitro groups is 1. The van der Waals surface area contributed by atoms with E-state index in [2.05, 4.69) is 5.32 Å². The zero-order valence-electron chi connectivity index (χ0n) is 11.1. The van der Waals surface area contributed by atoms with Crippen molar-refractivity contribution in [3.63, 3.8) is 0 Å². The van der Waals surface area contributed by atoms with Gasteiger partial charge < -0.3 is 14.8 Å². The van der Waals surface area contributed by atoms with Gasteiger partial charge in [0.15, 0.2) is 0 Å². The summed E-state index contributed by atoms with van der Waals surface area (Å²) < 4.78 is 5.10. The Balaban J connectivity index is 1.80. The molecule has 2 aromatic rings. The monoisotopic (exact) mass is 290 g/mol.